The van der Waals surface area contributed by atoms with E-state index < -0.39 is 16.9 Å². The van der Waals surface area contributed by atoms with Crippen molar-refractivity contribution < 1.29 is 14.7 Å². The fraction of sp³-hybridized carbons (Fsp3) is 0.833. The first-order valence-corrected chi connectivity index (χ1v) is 5.76. The summed E-state index contributed by atoms with van der Waals surface area (Å²) < 4.78 is 0. The summed E-state index contributed by atoms with van der Waals surface area (Å²) in [4.78, 5) is 23.1. The first-order chi connectivity index (χ1) is 7.56. The quantitative estimate of drug-likeness (QED) is 0.647. The van der Waals surface area contributed by atoms with Gasteiger partial charge in [0, 0.05) is 18.0 Å². The van der Waals surface area contributed by atoms with Crippen LogP contribution in [0.1, 0.15) is 34.6 Å². The van der Waals surface area contributed by atoms with Crippen LogP contribution in [-0.2, 0) is 9.59 Å². The molecule has 5 heteroatoms. The van der Waals surface area contributed by atoms with Crippen LogP contribution in [-0.4, -0.2) is 36.1 Å². The molecular weight excluding hydrogens is 220 g/mol. The van der Waals surface area contributed by atoms with E-state index in [1.165, 1.54) is 0 Å². The van der Waals surface area contributed by atoms with E-state index in [1.807, 2.05) is 0 Å². The molecule has 0 saturated carbocycles. The van der Waals surface area contributed by atoms with Crippen LogP contribution in [0.2, 0.25) is 0 Å². The van der Waals surface area contributed by atoms with Gasteiger partial charge in [-0.25, -0.2) is 0 Å². The van der Waals surface area contributed by atoms with Crippen LogP contribution in [0.3, 0.4) is 0 Å². The number of hydrogen-bond donors (Lipinski definition) is 3. The van der Waals surface area contributed by atoms with Crippen molar-refractivity contribution in [2.75, 3.05) is 13.6 Å². The van der Waals surface area contributed by atoms with Crippen molar-refractivity contribution >= 4 is 11.9 Å². The highest BCUT2D eigenvalue weighted by atomic mass is 16.4. The molecule has 0 aliphatic rings. The number of hydrogen-bond acceptors (Lipinski definition) is 3. The fourth-order valence-electron chi connectivity index (χ4n) is 1.25. The Bertz CT molecular complexity index is 298. The highest BCUT2D eigenvalue weighted by Gasteiger charge is 2.44. The normalized spacial score (nSPS) is 14.2. The Morgan fingerprint density at radius 2 is 1.71 bits per heavy atom. The Kier molecular flexibility index (Phi) is 5.13. The molecule has 0 heterocycles. The monoisotopic (exact) mass is 244 g/mol. The van der Waals surface area contributed by atoms with Crippen LogP contribution < -0.4 is 10.6 Å². The molecule has 3 N–H and O–H groups in total. The predicted octanol–water partition coefficient (Wildman–Crippen LogP) is 0.847. The Labute approximate surface area is 103 Å². The zero-order valence-corrected chi connectivity index (χ0v) is 11.5. The lowest BCUT2D eigenvalue weighted by atomic mass is 9.74. The highest BCUT2D eigenvalue weighted by molar-refractivity contribution is 5.82. The summed E-state index contributed by atoms with van der Waals surface area (Å²) >= 11 is 0. The second kappa shape index (κ2) is 5.49. The molecule has 100 valence electrons. The van der Waals surface area contributed by atoms with E-state index in [4.69, 9.17) is 5.11 Å². The zero-order valence-electron chi connectivity index (χ0n) is 11.5. The number of amides is 1. The average molecular weight is 244 g/mol. The molecule has 0 aromatic carbocycles. The number of carbonyl (C=O) groups excluding carboxylic acids is 1. The van der Waals surface area contributed by atoms with Gasteiger partial charge >= 0.3 is 5.97 Å². The molecule has 0 spiro atoms. The van der Waals surface area contributed by atoms with Gasteiger partial charge in [0.25, 0.3) is 0 Å². The summed E-state index contributed by atoms with van der Waals surface area (Å²) in [6.45, 7) is 9.04. The zero-order chi connectivity index (χ0) is 13.9. The van der Waals surface area contributed by atoms with Crippen molar-refractivity contribution in [1.82, 2.24) is 10.6 Å². The van der Waals surface area contributed by atoms with Gasteiger partial charge in [-0.15, -0.1) is 0 Å². The first-order valence-electron chi connectivity index (χ1n) is 5.76. The molecule has 1 atom stereocenters. The van der Waals surface area contributed by atoms with Gasteiger partial charge in [-0.05, 0) is 34.7 Å². The summed E-state index contributed by atoms with van der Waals surface area (Å²) in [5, 5.41) is 14.9. The molecular formula is C12H24N2O3. The minimum absolute atomic E-state index is 0.140. The standard InChI is InChI=1S/C12H24N2O3/c1-8(7-13-6)9(15)14-12(4,5)11(2,3)10(16)17/h8,13H,7H2,1-6H3,(H,14,15)(H,16,17). The molecule has 17 heavy (non-hydrogen) atoms. The van der Waals surface area contributed by atoms with Crippen molar-refractivity contribution in [2.45, 2.75) is 40.2 Å². The molecule has 1 unspecified atom stereocenters. The topological polar surface area (TPSA) is 78.4 Å². The third-order valence-corrected chi connectivity index (χ3v) is 3.49. The van der Waals surface area contributed by atoms with Crippen molar-refractivity contribution in [1.29, 1.82) is 0 Å². The van der Waals surface area contributed by atoms with Crippen LogP contribution in [0, 0.1) is 11.3 Å². The van der Waals surface area contributed by atoms with E-state index in [0.29, 0.717) is 6.54 Å². The Morgan fingerprint density at radius 1 is 1.24 bits per heavy atom. The van der Waals surface area contributed by atoms with Crippen LogP contribution in [0.5, 0.6) is 0 Å². The van der Waals surface area contributed by atoms with Crippen LogP contribution in [0.15, 0.2) is 0 Å². The number of aliphatic carboxylic acids is 1. The van der Waals surface area contributed by atoms with E-state index in [2.05, 4.69) is 10.6 Å². The molecule has 0 aromatic heterocycles. The molecule has 0 rings (SSSR count). The van der Waals surface area contributed by atoms with Gasteiger partial charge in [0.2, 0.25) is 5.91 Å². The molecule has 0 bridgehead atoms. The van der Waals surface area contributed by atoms with E-state index in [-0.39, 0.29) is 11.8 Å². The lowest BCUT2D eigenvalue weighted by molar-refractivity contribution is -0.152. The van der Waals surface area contributed by atoms with Crippen molar-refractivity contribution in [3.8, 4) is 0 Å². The maximum atomic E-state index is 11.9. The third-order valence-electron chi connectivity index (χ3n) is 3.49. The van der Waals surface area contributed by atoms with Crippen molar-refractivity contribution in [2.24, 2.45) is 11.3 Å². The first kappa shape index (κ1) is 15.9. The predicted molar refractivity (Wildman–Crippen MR) is 66.7 cm³/mol. The summed E-state index contributed by atoms with van der Waals surface area (Å²) in [6.07, 6.45) is 0. The van der Waals surface area contributed by atoms with Crippen molar-refractivity contribution in [3.63, 3.8) is 0 Å². The van der Waals surface area contributed by atoms with Gasteiger partial charge in [0.1, 0.15) is 0 Å². The Hall–Kier alpha value is -1.10. The minimum Gasteiger partial charge on any atom is -0.481 e. The van der Waals surface area contributed by atoms with Gasteiger partial charge in [-0.3, -0.25) is 9.59 Å². The third kappa shape index (κ3) is 3.70. The lowest BCUT2D eigenvalue weighted by Crippen LogP contribution is -2.58. The molecule has 0 aliphatic carbocycles. The number of carboxylic acids is 1. The van der Waals surface area contributed by atoms with Gasteiger partial charge < -0.3 is 15.7 Å². The van der Waals surface area contributed by atoms with Gasteiger partial charge in [-0.1, -0.05) is 6.92 Å². The van der Waals surface area contributed by atoms with Crippen LogP contribution in [0.4, 0.5) is 0 Å². The summed E-state index contributed by atoms with van der Waals surface area (Å²) in [7, 11) is 1.77. The second-order valence-corrected chi connectivity index (χ2v) is 5.50. The smallest absolute Gasteiger partial charge is 0.311 e. The molecule has 5 nitrogen and oxygen atoms in total. The van der Waals surface area contributed by atoms with E-state index >= 15 is 0 Å². The summed E-state index contributed by atoms with van der Waals surface area (Å²) in [5.74, 6) is -1.26. The largest absolute Gasteiger partial charge is 0.481 e. The second-order valence-electron chi connectivity index (χ2n) is 5.50. The maximum Gasteiger partial charge on any atom is 0.311 e. The average Bonchev–Trinajstić information content (AvgIpc) is 2.16. The van der Waals surface area contributed by atoms with Crippen LogP contribution >= 0.6 is 0 Å². The Morgan fingerprint density at radius 3 is 2.06 bits per heavy atom. The van der Waals surface area contributed by atoms with Crippen LogP contribution in [0.25, 0.3) is 0 Å². The van der Waals surface area contributed by atoms with E-state index in [9.17, 15) is 9.59 Å². The summed E-state index contributed by atoms with van der Waals surface area (Å²) in [5.41, 5.74) is -1.83. The van der Waals surface area contributed by atoms with E-state index in [1.54, 1.807) is 41.7 Å². The fourth-order valence-corrected chi connectivity index (χ4v) is 1.25. The number of carbonyl (C=O) groups is 2. The molecule has 0 fully saturated rings. The number of carboxylic acid groups (broad SMARTS) is 1. The molecule has 0 radical (unpaired) electrons. The molecule has 0 saturated heterocycles. The van der Waals surface area contributed by atoms with Crippen molar-refractivity contribution in [3.05, 3.63) is 0 Å². The van der Waals surface area contributed by atoms with E-state index in [0.717, 1.165) is 0 Å². The minimum atomic E-state index is -1.03. The van der Waals surface area contributed by atoms with Gasteiger partial charge in [0.05, 0.1) is 5.41 Å². The van der Waals surface area contributed by atoms with Gasteiger partial charge in [0.15, 0.2) is 0 Å². The van der Waals surface area contributed by atoms with Gasteiger partial charge in [-0.2, -0.15) is 0 Å². The SMILES string of the molecule is CNCC(C)C(=O)NC(C)(C)C(C)(C)C(=O)O. The number of rotatable bonds is 6. The number of nitrogens with one attached hydrogen (secondary N) is 2. The maximum absolute atomic E-state index is 11.9. The Balaban J connectivity index is 4.76. The molecule has 0 aliphatic heterocycles. The summed E-state index contributed by atoms with van der Waals surface area (Å²) in [6, 6.07) is 0. The molecule has 0 aromatic rings. The lowest BCUT2D eigenvalue weighted by Gasteiger charge is -2.39. The molecule has 1 amide bonds. The highest BCUT2D eigenvalue weighted by Crippen LogP contribution is 2.30.